The number of imide groups is 1. The number of carbonyl (C=O) groups is 3. The second kappa shape index (κ2) is 4.64. The SMILES string of the molecule is O=C(O)[C@@H](Cc1cnc[nH]1)N1C(=O)[C@@H]2[C@H](C1=O)[C@@H]1CC[C@H]2O1. The standard InChI is InChI=1S/C14H15N3O5/c18-12-10-8-1-2-9(22-8)11(10)13(19)17(12)7(14(20)21)3-6-4-15-5-16-6/h4-5,7-11H,1-3H2,(H,15,16)(H,20,21)/t7-,8-,9+,10+,11-/m1/s1. The lowest BCUT2D eigenvalue weighted by Gasteiger charge is -2.24. The Morgan fingerprint density at radius 1 is 1.36 bits per heavy atom. The van der Waals surface area contributed by atoms with E-state index in [1.54, 1.807) is 0 Å². The van der Waals surface area contributed by atoms with Crippen LogP contribution in [0.25, 0.3) is 0 Å². The number of carboxylic acids is 1. The molecule has 22 heavy (non-hydrogen) atoms. The van der Waals surface area contributed by atoms with E-state index in [-0.39, 0.29) is 18.6 Å². The number of likely N-dealkylation sites (tertiary alicyclic amines) is 1. The number of hydrogen-bond acceptors (Lipinski definition) is 5. The molecule has 3 aliphatic heterocycles. The van der Waals surface area contributed by atoms with Crippen molar-refractivity contribution in [1.82, 2.24) is 14.9 Å². The Bertz CT molecular complexity index is 615. The third-order valence-electron chi connectivity index (χ3n) is 4.88. The number of hydrogen-bond donors (Lipinski definition) is 2. The molecule has 2 bridgehead atoms. The van der Waals surface area contributed by atoms with E-state index in [9.17, 15) is 19.5 Å². The zero-order valence-corrected chi connectivity index (χ0v) is 11.6. The van der Waals surface area contributed by atoms with Gasteiger partial charge in [-0.1, -0.05) is 0 Å². The van der Waals surface area contributed by atoms with E-state index >= 15 is 0 Å². The smallest absolute Gasteiger partial charge is 0.327 e. The van der Waals surface area contributed by atoms with Gasteiger partial charge in [-0.2, -0.15) is 0 Å². The first-order valence-electron chi connectivity index (χ1n) is 7.30. The third kappa shape index (κ3) is 1.73. The van der Waals surface area contributed by atoms with Gasteiger partial charge in [-0.05, 0) is 12.8 Å². The first-order chi connectivity index (χ1) is 10.6. The van der Waals surface area contributed by atoms with Crippen LogP contribution in [0.5, 0.6) is 0 Å². The average Bonchev–Trinajstić information content (AvgIpc) is 3.23. The van der Waals surface area contributed by atoms with E-state index in [0.29, 0.717) is 5.69 Å². The number of aromatic nitrogens is 2. The lowest BCUT2D eigenvalue weighted by Crippen LogP contribution is -2.48. The van der Waals surface area contributed by atoms with Crippen LogP contribution in [0, 0.1) is 11.8 Å². The number of rotatable bonds is 4. The molecule has 2 N–H and O–H groups in total. The fraction of sp³-hybridized carbons (Fsp3) is 0.571. The molecule has 3 aliphatic rings. The van der Waals surface area contributed by atoms with Crippen LogP contribution in [-0.4, -0.2) is 56.0 Å². The second-order valence-corrected chi connectivity index (χ2v) is 6.02. The van der Waals surface area contributed by atoms with Crippen LogP contribution in [0.3, 0.4) is 0 Å². The number of aromatic amines is 1. The molecule has 0 saturated carbocycles. The van der Waals surface area contributed by atoms with Gasteiger partial charge >= 0.3 is 5.97 Å². The van der Waals surface area contributed by atoms with Crippen molar-refractivity contribution in [1.29, 1.82) is 0 Å². The van der Waals surface area contributed by atoms with Crippen molar-refractivity contribution in [2.24, 2.45) is 11.8 Å². The Labute approximate surface area is 125 Å². The summed E-state index contributed by atoms with van der Waals surface area (Å²) in [6.45, 7) is 0. The third-order valence-corrected chi connectivity index (χ3v) is 4.88. The molecule has 1 aromatic heterocycles. The zero-order chi connectivity index (χ0) is 15.4. The molecule has 0 aliphatic carbocycles. The minimum atomic E-state index is -1.20. The summed E-state index contributed by atoms with van der Waals surface area (Å²) >= 11 is 0. The van der Waals surface area contributed by atoms with Gasteiger partial charge in [0.2, 0.25) is 11.8 Å². The predicted molar refractivity (Wildman–Crippen MR) is 70.4 cm³/mol. The quantitative estimate of drug-likeness (QED) is 0.730. The molecule has 4 heterocycles. The number of H-pyrrole nitrogens is 1. The van der Waals surface area contributed by atoms with E-state index in [4.69, 9.17) is 4.74 Å². The summed E-state index contributed by atoms with van der Waals surface area (Å²) in [6.07, 6.45) is 4.01. The van der Waals surface area contributed by atoms with Gasteiger partial charge in [0.25, 0.3) is 0 Å². The Kier molecular flexibility index (Phi) is 2.83. The minimum Gasteiger partial charge on any atom is -0.480 e. The topological polar surface area (TPSA) is 113 Å². The molecule has 8 heteroatoms. The molecule has 0 unspecified atom stereocenters. The van der Waals surface area contributed by atoms with Crippen molar-refractivity contribution in [3.05, 3.63) is 18.2 Å². The van der Waals surface area contributed by atoms with Crippen molar-refractivity contribution in [2.45, 2.75) is 37.5 Å². The summed E-state index contributed by atoms with van der Waals surface area (Å²) in [5, 5.41) is 9.47. The van der Waals surface area contributed by atoms with Crippen LogP contribution in [0.15, 0.2) is 12.5 Å². The number of carboxylic acid groups (broad SMARTS) is 1. The van der Waals surface area contributed by atoms with E-state index < -0.39 is 35.7 Å². The molecule has 3 saturated heterocycles. The molecule has 116 valence electrons. The van der Waals surface area contributed by atoms with Crippen molar-refractivity contribution < 1.29 is 24.2 Å². The van der Waals surface area contributed by atoms with Crippen LogP contribution in [-0.2, 0) is 25.5 Å². The molecule has 5 atom stereocenters. The Hall–Kier alpha value is -2.22. The van der Waals surface area contributed by atoms with E-state index in [1.807, 2.05) is 0 Å². The first-order valence-corrected chi connectivity index (χ1v) is 7.30. The maximum absolute atomic E-state index is 12.6. The second-order valence-electron chi connectivity index (χ2n) is 6.02. The fourth-order valence-corrected chi connectivity index (χ4v) is 3.94. The van der Waals surface area contributed by atoms with Gasteiger partial charge in [-0.25, -0.2) is 9.78 Å². The number of amides is 2. The van der Waals surface area contributed by atoms with Crippen LogP contribution < -0.4 is 0 Å². The van der Waals surface area contributed by atoms with Gasteiger partial charge in [0.15, 0.2) is 0 Å². The lowest BCUT2D eigenvalue weighted by atomic mass is 9.81. The van der Waals surface area contributed by atoms with Crippen molar-refractivity contribution in [3.8, 4) is 0 Å². The van der Waals surface area contributed by atoms with Crippen molar-refractivity contribution in [2.75, 3.05) is 0 Å². The van der Waals surface area contributed by atoms with Crippen LogP contribution in [0.2, 0.25) is 0 Å². The van der Waals surface area contributed by atoms with Gasteiger partial charge < -0.3 is 14.8 Å². The molecule has 0 aromatic carbocycles. The van der Waals surface area contributed by atoms with Crippen LogP contribution >= 0.6 is 0 Å². The Morgan fingerprint density at radius 3 is 2.50 bits per heavy atom. The number of fused-ring (bicyclic) bond motifs is 5. The molecular formula is C14H15N3O5. The van der Waals surface area contributed by atoms with Crippen LogP contribution in [0.1, 0.15) is 18.5 Å². The number of imidazole rings is 1. The number of nitrogens with zero attached hydrogens (tertiary/aromatic N) is 2. The predicted octanol–water partition coefficient (Wildman–Crippen LogP) is -0.432. The molecule has 0 spiro atoms. The monoisotopic (exact) mass is 305 g/mol. The first kappa shape index (κ1) is 13.4. The number of ether oxygens (including phenoxy) is 1. The van der Waals surface area contributed by atoms with Gasteiger partial charge in [-0.15, -0.1) is 0 Å². The highest BCUT2D eigenvalue weighted by atomic mass is 16.5. The van der Waals surface area contributed by atoms with Gasteiger partial charge in [-0.3, -0.25) is 14.5 Å². The number of nitrogens with one attached hydrogen (secondary N) is 1. The average molecular weight is 305 g/mol. The zero-order valence-electron chi connectivity index (χ0n) is 11.6. The maximum Gasteiger partial charge on any atom is 0.327 e. The highest BCUT2D eigenvalue weighted by Crippen LogP contribution is 2.49. The van der Waals surface area contributed by atoms with Gasteiger partial charge in [0.1, 0.15) is 6.04 Å². The maximum atomic E-state index is 12.6. The summed E-state index contributed by atoms with van der Waals surface area (Å²) < 4.78 is 5.64. The van der Waals surface area contributed by atoms with E-state index in [1.165, 1.54) is 12.5 Å². The molecule has 8 nitrogen and oxygen atoms in total. The molecule has 3 fully saturated rings. The minimum absolute atomic E-state index is 0.0302. The molecular weight excluding hydrogens is 290 g/mol. The van der Waals surface area contributed by atoms with Crippen LogP contribution in [0.4, 0.5) is 0 Å². The van der Waals surface area contributed by atoms with Crippen molar-refractivity contribution in [3.63, 3.8) is 0 Å². The summed E-state index contributed by atoms with van der Waals surface area (Å²) in [5.41, 5.74) is 0.573. The number of carbonyl (C=O) groups excluding carboxylic acids is 2. The van der Waals surface area contributed by atoms with Gasteiger partial charge in [0.05, 0.1) is 30.4 Å². The van der Waals surface area contributed by atoms with Gasteiger partial charge in [0, 0.05) is 18.3 Å². The Balaban J connectivity index is 1.64. The summed E-state index contributed by atoms with van der Waals surface area (Å²) in [6, 6.07) is -1.20. The Morgan fingerprint density at radius 2 is 2.00 bits per heavy atom. The molecule has 2 amide bonds. The summed E-state index contributed by atoms with van der Waals surface area (Å²) in [7, 11) is 0. The van der Waals surface area contributed by atoms with E-state index in [0.717, 1.165) is 17.7 Å². The largest absolute Gasteiger partial charge is 0.480 e. The molecule has 1 aromatic rings. The highest BCUT2D eigenvalue weighted by molar-refractivity contribution is 6.08. The summed E-state index contributed by atoms with van der Waals surface area (Å²) in [4.78, 5) is 44.4. The normalized spacial score (nSPS) is 34.3. The molecule has 0 radical (unpaired) electrons. The summed E-state index contributed by atoms with van der Waals surface area (Å²) in [5.74, 6) is -3.02. The molecule has 4 rings (SSSR count). The van der Waals surface area contributed by atoms with Crippen molar-refractivity contribution >= 4 is 17.8 Å². The highest BCUT2D eigenvalue weighted by Gasteiger charge is 2.63. The fourth-order valence-electron chi connectivity index (χ4n) is 3.94. The lowest BCUT2D eigenvalue weighted by molar-refractivity contribution is -0.156. The number of aliphatic carboxylic acids is 1. The van der Waals surface area contributed by atoms with E-state index in [2.05, 4.69) is 9.97 Å².